The number of hydrogen-bond acceptors (Lipinski definition) is 2. The molecule has 0 bridgehead atoms. The number of aryl methyl sites for hydroxylation is 1. The maximum atomic E-state index is 13.9. The van der Waals surface area contributed by atoms with E-state index >= 15 is 0 Å². The third kappa shape index (κ3) is 2.42. The van der Waals surface area contributed by atoms with Crippen molar-refractivity contribution in [1.29, 1.82) is 0 Å². The van der Waals surface area contributed by atoms with Gasteiger partial charge in [0, 0.05) is 7.05 Å². The number of anilines is 2. The minimum Gasteiger partial charge on any atom is -0.397 e. The normalized spacial score (nSPS) is 10.3. The molecule has 0 heterocycles. The Kier molecular flexibility index (Phi) is 3.51. The molecule has 0 saturated heterocycles. The Bertz CT molecular complexity index is 625. The van der Waals surface area contributed by atoms with Crippen molar-refractivity contribution in [1.82, 2.24) is 0 Å². The molecule has 0 aliphatic rings. The molecular formula is C15H15FN2O. The molecule has 2 rings (SSSR count). The van der Waals surface area contributed by atoms with Crippen LogP contribution in [0.1, 0.15) is 15.9 Å². The average Bonchev–Trinajstić information content (AvgIpc) is 2.41. The van der Waals surface area contributed by atoms with Gasteiger partial charge < -0.3 is 10.6 Å². The zero-order valence-corrected chi connectivity index (χ0v) is 10.9. The summed E-state index contributed by atoms with van der Waals surface area (Å²) in [6, 6.07) is 11.7. The molecule has 98 valence electrons. The number of nitrogen functional groups attached to an aromatic ring is 1. The summed E-state index contributed by atoms with van der Waals surface area (Å²) < 4.78 is 13.9. The first-order chi connectivity index (χ1) is 9.02. The lowest BCUT2D eigenvalue weighted by atomic mass is 10.1. The van der Waals surface area contributed by atoms with Crippen LogP contribution in [-0.4, -0.2) is 13.0 Å². The van der Waals surface area contributed by atoms with Gasteiger partial charge in [-0.15, -0.1) is 0 Å². The van der Waals surface area contributed by atoms with E-state index in [9.17, 15) is 9.18 Å². The first-order valence-corrected chi connectivity index (χ1v) is 5.90. The second-order valence-electron chi connectivity index (χ2n) is 4.36. The number of carbonyl (C=O) groups excluding carboxylic acids is 1. The van der Waals surface area contributed by atoms with Gasteiger partial charge in [0.25, 0.3) is 5.91 Å². The monoisotopic (exact) mass is 258 g/mol. The number of amides is 1. The van der Waals surface area contributed by atoms with Crippen LogP contribution in [0.2, 0.25) is 0 Å². The van der Waals surface area contributed by atoms with Crippen molar-refractivity contribution in [3.05, 3.63) is 59.4 Å². The Labute approximate surface area is 111 Å². The molecule has 3 nitrogen and oxygen atoms in total. The van der Waals surface area contributed by atoms with E-state index < -0.39 is 11.7 Å². The van der Waals surface area contributed by atoms with Crippen LogP contribution in [0.15, 0.2) is 42.5 Å². The second kappa shape index (κ2) is 5.10. The van der Waals surface area contributed by atoms with Crippen molar-refractivity contribution in [2.45, 2.75) is 6.92 Å². The van der Waals surface area contributed by atoms with E-state index in [1.54, 1.807) is 50.4 Å². The lowest BCUT2D eigenvalue weighted by Crippen LogP contribution is -2.28. The fraction of sp³-hybridized carbons (Fsp3) is 0.133. The largest absolute Gasteiger partial charge is 0.397 e. The van der Waals surface area contributed by atoms with E-state index in [4.69, 9.17) is 5.73 Å². The Balaban J connectivity index is 2.40. The molecule has 2 aromatic carbocycles. The number of nitrogens with zero attached hydrogens (tertiary/aromatic N) is 1. The van der Waals surface area contributed by atoms with Crippen LogP contribution in [-0.2, 0) is 0 Å². The number of benzene rings is 2. The third-order valence-electron chi connectivity index (χ3n) is 3.02. The van der Waals surface area contributed by atoms with Crippen molar-refractivity contribution in [2.24, 2.45) is 0 Å². The number of nitrogens with two attached hydrogens (primary N) is 1. The van der Waals surface area contributed by atoms with Crippen LogP contribution < -0.4 is 10.6 Å². The summed E-state index contributed by atoms with van der Waals surface area (Å²) >= 11 is 0. The van der Waals surface area contributed by atoms with Crippen LogP contribution in [0, 0.1) is 12.7 Å². The summed E-state index contributed by atoms with van der Waals surface area (Å²) in [5.74, 6) is -0.909. The number of halogens is 1. The van der Waals surface area contributed by atoms with Crippen LogP contribution in [0.3, 0.4) is 0 Å². The van der Waals surface area contributed by atoms with Crippen LogP contribution in [0.4, 0.5) is 15.8 Å². The van der Waals surface area contributed by atoms with Gasteiger partial charge in [-0.1, -0.05) is 24.3 Å². The lowest BCUT2D eigenvalue weighted by molar-refractivity contribution is 0.0989. The van der Waals surface area contributed by atoms with Crippen molar-refractivity contribution in [3.8, 4) is 0 Å². The maximum absolute atomic E-state index is 13.9. The highest BCUT2D eigenvalue weighted by Crippen LogP contribution is 2.24. The van der Waals surface area contributed by atoms with Gasteiger partial charge in [0.15, 0.2) is 0 Å². The predicted octanol–water partition coefficient (Wildman–Crippen LogP) is 2.99. The van der Waals surface area contributed by atoms with Crippen LogP contribution in [0.25, 0.3) is 0 Å². The SMILES string of the molecule is Cc1cccc(C(=O)N(C)c2ccccc2N)c1F. The molecule has 4 heteroatoms. The van der Waals surface area contributed by atoms with E-state index in [0.717, 1.165) is 0 Å². The first-order valence-electron chi connectivity index (χ1n) is 5.90. The fourth-order valence-corrected chi connectivity index (χ4v) is 1.90. The van der Waals surface area contributed by atoms with Gasteiger partial charge in [0.05, 0.1) is 16.9 Å². The highest BCUT2D eigenvalue weighted by atomic mass is 19.1. The molecule has 1 amide bonds. The smallest absolute Gasteiger partial charge is 0.261 e. The summed E-state index contributed by atoms with van der Waals surface area (Å²) in [5, 5.41) is 0. The number of rotatable bonds is 2. The second-order valence-corrected chi connectivity index (χ2v) is 4.36. The number of para-hydroxylation sites is 2. The van der Waals surface area contributed by atoms with Gasteiger partial charge in [-0.2, -0.15) is 0 Å². The van der Waals surface area contributed by atoms with Crippen LogP contribution >= 0.6 is 0 Å². The minimum atomic E-state index is -0.492. The van der Waals surface area contributed by atoms with Gasteiger partial charge in [0.1, 0.15) is 5.82 Å². The third-order valence-corrected chi connectivity index (χ3v) is 3.02. The summed E-state index contributed by atoms with van der Waals surface area (Å²) in [7, 11) is 1.58. The van der Waals surface area contributed by atoms with Gasteiger partial charge in [-0.05, 0) is 30.7 Å². The molecule has 0 radical (unpaired) electrons. The molecule has 0 atom stereocenters. The molecule has 2 aromatic rings. The molecule has 0 aliphatic heterocycles. The van der Waals surface area contributed by atoms with Crippen LogP contribution in [0.5, 0.6) is 0 Å². The van der Waals surface area contributed by atoms with E-state index in [-0.39, 0.29) is 5.56 Å². The highest BCUT2D eigenvalue weighted by Gasteiger charge is 2.19. The first kappa shape index (κ1) is 13.1. The van der Waals surface area contributed by atoms with Gasteiger partial charge in [-0.25, -0.2) is 4.39 Å². The van der Waals surface area contributed by atoms with E-state index in [0.29, 0.717) is 16.9 Å². The molecule has 2 N–H and O–H groups in total. The molecule has 0 saturated carbocycles. The Morgan fingerprint density at radius 1 is 1.16 bits per heavy atom. The standard InChI is InChI=1S/C15H15FN2O/c1-10-6-5-7-11(14(10)16)15(19)18(2)13-9-4-3-8-12(13)17/h3-9H,17H2,1-2H3. The Hall–Kier alpha value is -2.36. The summed E-state index contributed by atoms with van der Waals surface area (Å²) in [6.07, 6.45) is 0. The summed E-state index contributed by atoms with van der Waals surface area (Å²) in [6.45, 7) is 1.63. The zero-order valence-electron chi connectivity index (χ0n) is 10.9. The van der Waals surface area contributed by atoms with E-state index in [1.165, 1.54) is 11.0 Å². The quantitative estimate of drug-likeness (QED) is 0.842. The number of carbonyl (C=O) groups is 1. The Morgan fingerprint density at radius 3 is 2.53 bits per heavy atom. The topological polar surface area (TPSA) is 46.3 Å². The van der Waals surface area contributed by atoms with Crippen molar-refractivity contribution < 1.29 is 9.18 Å². The predicted molar refractivity (Wildman–Crippen MR) is 74.7 cm³/mol. The molecule has 0 fully saturated rings. The molecule has 0 aromatic heterocycles. The molecule has 19 heavy (non-hydrogen) atoms. The molecule has 0 spiro atoms. The van der Waals surface area contributed by atoms with Crippen molar-refractivity contribution in [3.63, 3.8) is 0 Å². The zero-order chi connectivity index (χ0) is 14.0. The summed E-state index contributed by atoms with van der Waals surface area (Å²) in [4.78, 5) is 13.7. The highest BCUT2D eigenvalue weighted by molar-refractivity contribution is 6.07. The van der Waals surface area contributed by atoms with Gasteiger partial charge in [-0.3, -0.25) is 4.79 Å². The summed E-state index contributed by atoms with van der Waals surface area (Å²) in [5.41, 5.74) is 7.35. The van der Waals surface area contributed by atoms with Crippen molar-refractivity contribution >= 4 is 17.3 Å². The van der Waals surface area contributed by atoms with E-state index in [1.807, 2.05) is 0 Å². The Morgan fingerprint density at radius 2 is 1.84 bits per heavy atom. The fourth-order valence-electron chi connectivity index (χ4n) is 1.90. The molecule has 0 aliphatic carbocycles. The number of hydrogen-bond donors (Lipinski definition) is 1. The molecular weight excluding hydrogens is 243 g/mol. The average molecular weight is 258 g/mol. The van der Waals surface area contributed by atoms with Gasteiger partial charge in [0.2, 0.25) is 0 Å². The minimum absolute atomic E-state index is 0.0470. The van der Waals surface area contributed by atoms with Crippen molar-refractivity contribution in [2.75, 3.05) is 17.7 Å². The lowest BCUT2D eigenvalue weighted by Gasteiger charge is -2.19. The molecule has 0 unspecified atom stereocenters. The van der Waals surface area contributed by atoms with E-state index in [2.05, 4.69) is 0 Å². The van der Waals surface area contributed by atoms with Gasteiger partial charge >= 0.3 is 0 Å². The maximum Gasteiger partial charge on any atom is 0.261 e.